The van der Waals surface area contributed by atoms with Crippen molar-refractivity contribution >= 4 is 35.2 Å². The van der Waals surface area contributed by atoms with E-state index in [1.54, 1.807) is 38.3 Å². The quantitative estimate of drug-likeness (QED) is 0.302. The fraction of sp³-hybridized carbons (Fsp3) is 0.500. The smallest absolute Gasteiger partial charge is 0.319 e. The summed E-state index contributed by atoms with van der Waals surface area (Å²) in [5.74, 6) is -1.61. The Kier molecular flexibility index (Phi) is 8.91. The third kappa shape index (κ3) is 6.82. The number of nitrogens with zero attached hydrogens (tertiary/aromatic N) is 1. The number of hydrogen-bond donors (Lipinski definition) is 4. The van der Waals surface area contributed by atoms with Crippen LogP contribution in [0.25, 0.3) is 0 Å². The van der Waals surface area contributed by atoms with Crippen molar-refractivity contribution < 1.29 is 28.7 Å². The van der Waals surface area contributed by atoms with E-state index in [0.29, 0.717) is 30.8 Å². The third-order valence-electron chi connectivity index (χ3n) is 9.03. The second kappa shape index (κ2) is 12.5. The van der Waals surface area contributed by atoms with Crippen molar-refractivity contribution in [2.45, 2.75) is 84.0 Å². The topological polar surface area (TPSA) is 146 Å². The molecular formula is C34H43N5O6. The minimum absolute atomic E-state index is 0.0124. The highest BCUT2D eigenvalue weighted by molar-refractivity contribution is 6.38. The van der Waals surface area contributed by atoms with Crippen LogP contribution in [0, 0.1) is 10.8 Å². The number of anilines is 1. The maximum atomic E-state index is 14.3. The molecule has 0 radical (unpaired) electrons. The van der Waals surface area contributed by atoms with Gasteiger partial charge in [-0.2, -0.15) is 0 Å². The lowest BCUT2D eigenvalue weighted by Gasteiger charge is -2.56. The highest BCUT2D eigenvalue weighted by atomic mass is 16.5. The Labute approximate surface area is 263 Å². The Hall–Kier alpha value is -4.41. The Balaban J connectivity index is 1.36. The molecule has 0 bridgehead atoms. The molecule has 1 saturated carbocycles. The number of carbonyl (C=O) groups excluding carboxylic acids is 5. The summed E-state index contributed by atoms with van der Waals surface area (Å²) in [6, 6.07) is 11.4. The van der Waals surface area contributed by atoms with Gasteiger partial charge in [-0.15, -0.1) is 0 Å². The van der Waals surface area contributed by atoms with E-state index in [-0.39, 0.29) is 18.4 Å². The monoisotopic (exact) mass is 617 g/mol. The van der Waals surface area contributed by atoms with E-state index in [4.69, 9.17) is 4.74 Å². The highest BCUT2D eigenvalue weighted by Crippen LogP contribution is 2.49. The molecular weight excluding hydrogens is 574 g/mol. The van der Waals surface area contributed by atoms with E-state index in [1.165, 1.54) is 4.90 Å². The van der Waals surface area contributed by atoms with Gasteiger partial charge in [0.05, 0.1) is 13.2 Å². The van der Waals surface area contributed by atoms with Crippen molar-refractivity contribution in [1.82, 2.24) is 20.9 Å². The molecule has 2 unspecified atom stereocenters. The van der Waals surface area contributed by atoms with Gasteiger partial charge in [0.15, 0.2) is 0 Å². The van der Waals surface area contributed by atoms with Crippen molar-refractivity contribution in [1.29, 1.82) is 0 Å². The summed E-state index contributed by atoms with van der Waals surface area (Å²) in [6.45, 7) is 7.61. The summed E-state index contributed by atoms with van der Waals surface area (Å²) in [5, 5.41) is 11.1. The molecule has 1 heterocycles. The summed E-state index contributed by atoms with van der Waals surface area (Å²) in [4.78, 5) is 68.5. The zero-order chi connectivity index (χ0) is 32.5. The zero-order valence-corrected chi connectivity index (χ0v) is 26.6. The van der Waals surface area contributed by atoms with Crippen molar-refractivity contribution in [3.8, 4) is 5.75 Å². The van der Waals surface area contributed by atoms with Crippen LogP contribution in [-0.2, 0) is 32.0 Å². The molecule has 240 valence electrons. The Morgan fingerprint density at radius 1 is 0.956 bits per heavy atom. The molecule has 1 spiro atoms. The van der Waals surface area contributed by atoms with Crippen molar-refractivity contribution in [3.05, 3.63) is 59.7 Å². The van der Waals surface area contributed by atoms with Gasteiger partial charge in [-0.3, -0.25) is 19.2 Å². The molecule has 2 fully saturated rings. The van der Waals surface area contributed by atoms with Gasteiger partial charge < -0.3 is 30.9 Å². The van der Waals surface area contributed by atoms with Gasteiger partial charge in [-0.1, -0.05) is 52.0 Å². The molecule has 2 aliphatic carbocycles. The number of ether oxygens (including phenoxy) is 1. The van der Waals surface area contributed by atoms with Gasteiger partial charge in [0.25, 0.3) is 5.91 Å². The average Bonchev–Trinajstić information content (AvgIpc) is 3.71. The standard InChI is InChI=1S/C34H43N5O6/c1-6-25(26(40)29(41)35-22-11-12-22)37-30(42)28-34(17-20-9-7-8-10-21(20)18-34)19-39(28)31(43)27(33(2,3)4)38-32(44)36-23-13-15-24(45-5)16-14-23/h7-10,13-16,22,25,27-28H,6,11-12,17-19H2,1-5H3,(H,35,41)(H,37,42)(H2,36,38,44)/t25?,27-,28?/m1/s1. The largest absolute Gasteiger partial charge is 0.497 e. The molecule has 45 heavy (non-hydrogen) atoms. The van der Waals surface area contributed by atoms with Crippen molar-refractivity contribution in [2.75, 3.05) is 19.0 Å². The van der Waals surface area contributed by atoms with E-state index in [2.05, 4.69) is 21.3 Å². The number of urea groups is 1. The number of Topliss-reactive ketones (excluding diaryl/α,β-unsaturated/α-hetero) is 1. The fourth-order valence-corrected chi connectivity index (χ4v) is 6.42. The first-order chi connectivity index (χ1) is 21.3. The van der Waals surface area contributed by atoms with Crippen LogP contribution in [0.4, 0.5) is 10.5 Å². The summed E-state index contributed by atoms with van der Waals surface area (Å²) >= 11 is 0. The summed E-state index contributed by atoms with van der Waals surface area (Å²) in [5.41, 5.74) is 1.52. The molecule has 11 nitrogen and oxygen atoms in total. The minimum Gasteiger partial charge on any atom is -0.497 e. The molecule has 5 amide bonds. The molecule has 3 aliphatic rings. The maximum Gasteiger partial charge on any atom is 0.319 e. The third-order valence-corrected chi connectivity index (χ3v) is 9.03. The first kappa shape index (κ1) is 32.0. The molecule has 2 aromatic rings. The maximum absolute atomic E-state index is 14.3. The molecule has 11 heteroatoms. The Morgan fingerprint density at radius 2 is 1.58 bits per heavy atom. The summed E-state index contributed by atoms with van der Waals surface area (Å²) in [6.07, 6.45) is 3.11. The first-order valence-electron chi connectivity index (χ1n) is 15.6. The van der Waals surface area contributed by atoms with Gasteiger partial charge in [-0.05, 0) is 72.9 Å². The van der Waals surface area contributed by atoms with E-state index in [1.807, 2.05) is 45.0 Å². The Bertz CT molecular complexity index is 1450. The minimum atomic E-state index is -1.01. The molecule has 0 aromatic heterocycles. The predicted molar refractivity (Wildman–Crippen MR) is 169 cm³/mol. The van der Waals surface area contributed by atoms with E-state index < -0.39 is 52.6 Å². The second-order valence-corrected chi connectivity index (χ2v) is 13.6. The van der Waals surface area contributed by atoms with Crippen LogP contribution in [0.5, 0.6) is 5.75 Å². The molecule has 4 N–H and O–H groups in total. The number of benzene rings is 2. The molecule has 1 aliphatic heterocycles. The van der Waals surface area contributed by atoms with Gasteiger partial charge in [0.1, 0.15) is 17.8 Å². The van der Waals surface area contributed by atoms with E-state index in [0.717, 1.165) is 24.0 Å². The SMILES string of the molecule is CCC(NC(=O)C1N(C(=O)[C@@H](NC(=O)Nc2ccc(OC)cc2)C(C)(C)C)CC12Cc1ccccc1C2)C(=O)C(=O)NC1CC1. The molecule has 1 saturated heterocycles. The lowest BCUT2D eigenvalue weighted by Crippen LogP contribution is -2.75. The number of methoxy groups -OCH3 is 1. The average molecular weight is 618 g/mol. The molecule has 2 aromatic carbocycles. The lowest BCUT2D eigenvalue weighted by molar-refractivity contribution is -0.168. The van der Waals surface area contributed by atoms with Gasteiger partial charge in [0.2, 0.25) is 17.6 Å². The zero-order valence-electron chi connectivity index (χ0n) is 26.6. The number of rotatable bonds is 10. The van der Waals surface area contributed by atoms with Gasteiger partial charge in [0, 0.05) is 23.7 Å². The number of fused-ring (bicyclic) bond motifs is 1. The lowest BCUT2D eigenvalue weighted by atomic mass is 9.67. The normalized spacial score (nSPS) is 19.4. The van der Waals surface area contributed by atoms with Crippen LogP contribution in [0.1, 0.15) is 58.1 Å². The van der Waals surface area contributed by atoms with Crippen LogP contribution in [0.2, 0.25) is 0 Å². The predicted octanol–water partition coefficient (Wildman–Crippen LogP) is 2.97. The van der Waals surface area contributed by atoms with E-state index in [9.17, 15) is 24.0 Å². The van der Waals surface area contributed by atoms with Gasteiger partial charge in [-0.25, -0.2) is 4.79 Å². The van der Waals surface area contributed by atoms with Gasteiger partial charge >= 0.3 is 6.03 Å². The number of carbonyl (C=O) groups is 5. The van der Waals surface area contributed by atoms with Crippen molar-refractivity contribution in [3.63, 3.8) is 0 Å². The molecule has 5 rings (SSSR count). The number of likely N-dealkylation sites (tertiary alicyclic amines) is 1. The Morgan fingerprint density at radius 3 is 2.11 bits per heavy atom. The number of ketones is 1. The van der Waals surface area contributed by atoms with E-state index >= 15 is 0 Å². The first-order valence-corrected chi connectivity index (χ1v) is 15.6. The van der Waals surface area contributed by atoms with Crippen LogP contribution in [-0.4, -0.2) is 72.3 Å². The van der Waals surface area contributed by atoms with Crippen LogP contribution >= 0.6 is 0 Å². The summed E-state index contributed by atoms with van der Waals surface area (Å²) in [7, 11) is 1.55. The number of hydrogen-bond acceptors (Lipinski definition) is 6. The molecule has 3 atom stereocenters. The highest BCUT2D eigenvalue weighted by Gasteiger charge is 2.61. The van der Waals surface area contributed by atoms with Crippen LogP contribution in [0.15, 0.2) is 48.5 Å². The second-order valence-electron chi connectivity index (χ2n) is 13.6. The number of nitrogens with one attached hydrogen (secondary N) is 4. The fourth-order valence-electron chi connectivity index (χ4n) is 6.42. The number of amides is 5. The summed E-state index contributed by atoms with van der Waals surface area (Å²) < 4.78 is 5.17. The van der Waals surface area contributed by atoms with Crippen LogP contribution < -0.4 is 26.0 Å². The van der Waals surface area contributed by atoms with Crippen LogP contribution in [0.3, 0.4) is 0 Å². The van der Waals surface area contributed by atoms with Crippen molar-refractivity contribution in [2.24, 2.45) is 10.8 Å².